The van der Waals surface area contributed by atoms with E-state index in [4.69, 9.17) is 0 Å². The Bertz CT molecular complexity index is 250. The number of nitrogens with one attached hydrogen (secondary N) is 1. The van der Waals surface area contributed by atoms with Gasteiger partial charge >= 0.3 is 0 Å². The molecule has 2 fully saturated rings. The summed E-state index contributed by atoms with van der Waals surface area (Å²) in [7, 11) is 1.98. The molecular weight excluding hydrogens is 200 g/mol. The Hall–Kier alpha value is -0.570. The molecule has 0 aliphatic heterocycles. The molecule has 2 saturated carbocycles. The largest absolute Gasteiger partial charge is 0.341 e. The zero-order chi connectivity index (χ0) is 11.5. The Morgan fingerprint density at radius 1 is 1.25 bits per heavy atom. The van der Waals surface area contributed by atoms with Gasteiger partial charge in [-0.15, -0.1) is 0 Å². The van der Waals surface area contributed by atoms with E-state index in [1.165, 1.54) is 38.5 Å². The van der Waals surface area contributed by atoms with Gasteiger partial charge in [-0.25, -0.2) is 0 Å². The van der Waals surface area contributed by atoms with Gasteiger partial charge in [0.1, 0.15) is 0 Å². The monoisotopic (exact) mass is 224 g/mol. The number of likely N-dealkylation sites (N-methyl/N-ethyl adjacent to an activating group) is 1. The molecule has 16 heavy (non-hydrogen) atoms. The van der Waals surface area contributed by atoms with Gasteiger partial charge in [-0.1, -0.05) is 19.8 Å². The van der Waals surface area contributed by atoms with Crippen LogP contribution in [0.5, 0.6) is 0 Å². The molecule has 92 valence electrons. The molecule has 0 radical (unpaired) electrons. The molecule has 2 aliphatic rings. The maximum atomic E-state index is 12.0. The van der Waals surface area contributed by atoms with E-state index >= 15 is 0 Å². The van der Waals surface area contributed by atoms with E-state index < -0.39 is 0 Å². The number of rotatable bonds is 4. The van der Waals surface area contributed by atoms with Gasteiger partial charge in [-0.2, -0.15) is 0 Å². The SMILES string of the molecule is CC1CCCCC1N(C)C(=O)CNC1CC1. The third kappa shape index (κ3) is 2.97. The van der Waals surface area contributed by atoms with Crippen LogP contribution < -0.4 is 5.32 Å². The third-order valence-electron chi connectivity index (χ3n) is 4.08. The van der Waals surface area contributed by atoms with E-state index in [2.05, 4.69) is 12.2 Å². The maximum Gasteiger partial charge on any atom is 0.236 e. The topological polar surface area (TPSA) is 32.3 Å². The lowest BCUT2D eigenvalue weighted by atomic mass is 9.85. The zero-order valence-corrected chi connectivity index (χ0v) is 10.5. The van der Waals surface area contributed by atoms with Crippen LogP contribution in [0.1, 0.15) is 45.4 Å². The fourth-order valence-electron chi connectivity index (χ4n) is 2.70. The van der Waals surface area contributed by atoms with Crippen LogP contribution in [-0.2, 0) is 4.79 Å². The lowest BCUT2D eigenvalue weighted by molar-refractivity contribution is -0.132. The number of hydrogen-bond acceptors (Lipinski definition) is 2. The lowest BCUT2D eigenvalue weighted by Crippen LogP contribution is -2.46. The number of amides is 1. The Morgan fingerprint density at radius 2 is 1.94 bits per heavy atom. The first-order valence-corrected chi connectivity index (χ1v) is 6.67. The molecule has 0 aromatic carbocycles. The van der Waals surface area contributed by atoms with Crippen LogP contribution in [0.15, 0.2) is 0 Å². The quantitative estimate of drug-likeness (QED) is 0.789. The van der Waals surface area contributed by atoms with Crippen molar-refractivity contribution >= 4 is 5.91 Å². The van der Waals surface area contributed by atoms with Crippen LogP contribution in [0.4, 0.5) is 0 Å². The third-order valence-corrected chi connectivity index (χ3v) is 4.08. The van der Waals surface area contributed by atoms with Crippen molar-refractivity contribution in [3.8, 4) is 0 Å². The van der Waals surface area contributed by atoms with Crippen LogP contribution in [0, 0.1) is 5.92 Å². The molecule has 2 aliphatic carbocycles. The van der Waals surface area contributed by atoms with Crippen molar-refractivity contribution in [3.05, 3.63) is 0 Å². The van der Waals surface area contributed by atoms with E-state index in [-0.39, 0.29) is 5.91 Å². The minimum Gasteiger partial charge on any atom is -0.341 e. The molecule has 1 N–H and O–H groups in total. The Morgan fingerprint density at radius 3 is 2.56 bits per heavy atom. The van der Waals surface area contributed by atoms with Crippen LogP contribution in [0.2, 0.25) is 0 Å². The highest BCUT2D eigenvalue weighted by atomic mass is 16.2. The number of carbonyl (C=O) groups is 1. The molecule has 3 heteroatoms. The molecule has 0 spiro atoms. The normalized spacial score (nSPS) is 30.1. The summed E-state index contributed by atoms with van der Waals surface area (Å²) in [5, 5.41) is 3.30. The summed E-state index contributed by atoms with van der Waals surface area (Å²) in [4.78, 5) is 14.0. The number of hydrogen-bond donors (Lipinski definition) is 1. The summed E-state index contributed by atoms with van der Waals surface area (Å²) in [5.41, 5.74) is 0. The minimum atomic E-state index is 0.269. The van der Waals surface area contributed by atoms with E-state index in [1.807, 2.05) is 11.9 Å². The summed E-state index contributed by atoms with van der Waals surface area (Å²) in [6, 6.07) is 1.10. The average Bonchev–Trinajstić information content (AvgIpc) is 3.09. The van der Waals surface area contributed by atoms with E-state index in [0.29, 0.717) is 24.5 Å². The molecule has 2 rings (SSSR count). The second-order valence-electron chi connectivity index (χ2n) is 5.49. The highest BCUT2D eigenvalue weighted by Gasteiger charge is 2.28. The summed E-state index contributed by atoms with van der Waals surface area (Å²) in [6.45, 7) is 2.81. The van der Waals surface area contributed by atoms with Crippen molar-refractivity contribution in [2.75, 3.05) is 13.6 Å². The maximum absolute atomic E-state index is 12.0. The molecule has 0 aromatic rings. The molecule has 0 saturated heterocycles. The van der Waals surface area contributed by atoms with Gasteiger partial charge in [0.25, 0.3) is 0 Å². The van der Waals surface area contributed by atoms with Gasteiger partial charge in [0.05, 0.1) is 6.54 Å². The van der Waals surface area contributed by atoms with Crippen molar-refractivity contribution in [2.45, 2.75) is 57.5 Å². The Labute approximate surface area is 98.6 Å². The molecule has 3 nitrogen and oxygen atoms in total. The van der Waals surface area contributed by atoms with Crippen molar-refractivity contribution in [1.29, 1.82) is 0 Å². The van der Waals surface area contributed by atoms with Crippen LogP contribution in [0.25, 0.3) is 0 Å². The fraction of sp³-hybridized carbons (Fsp3) is 0.923. The molecule has 1 amide bonds. The van der Waals surface area contributed by atoms with Crippen LogP contribution in [0.3, 0.4) is 0 Å². The minimum absolute atomic E-state index is 0.269. The molecular formula is C13H24N2O. The number of nitrogens with zero attached hydrogens (tertiary/aromatic N) is 1. The predicted molar refractivity (Wildman–Crippen MR) is 65.2 cm³/mol. The highest BCUT2D eigenvalue weighted by molar-refractivity contribution is 5.78. The van der Waals surface area contributed by atoms with Crippen molar-refractivity contribution in [3.63, 3.8) is 0 Å². The molecule has 2 unspecified atom stereocenters. The van der Waals surface area contributed by atoms with Gasteiger partial charge in [0.2, 0.25) is 5.91 Å². The van der Waals surface area contributed by atoms with Crippen molar-refractivity contribution in [1.82, 2.24) is 10.2 Å². The lowest BCUT2D eigenvalue weighted by Gasteiger charge is -2.36. The van der Waals surface area contributed by atoms with Crippen LogP contribution in [-0.4, -0.2) is 36.5 Å². The smallest absolute Gasteiger partial charge is 0.236 e. The molecule has 0 aromatic heterocycles. The highest BCUT2D eigenvalue weighted by Crippen LogP contribution is 2.27. The van der Waals surface area contributed by atoms with Crippen LogP contribution >= 0.6 is 0 Å². The van der Waals surface area contributed by atoms with Gasteiger partial charge in [0.15, 0.2) is 0 Å². The summed E-state index contributed by atoms with van der Waals surface area (Å²) >= 11 is 0. The van der Waals surface area contributed by atoms with Gasteiger partial charge in [-0.05, 0) is 31.6 Å². The molecule has 0 bridgehead atoms. The predicted octanol–water partition coefficient (Wildman–Crippen LogP) is 1.78. The first kappa shape index (κ1) is 11.9. The Kier molecular flexibility index (Phi) is 3.85. The number of carbonyl (C=O) groups excluding carboxylic acids is 1. The second kappa shape index (κ2) is 5.17. The summed E-state index contributed by atoms with van der Waals surface area (Å²) < 4.78 is 0. The van der Waals surface area contributed by atoms with Gasteiger partial charge in [-0.3, -0.25) is 4.79 Å². The fourth-order valence-corrected chi connectivity index (χ4v) is 2.70. The summed E-state index contributed by atoms with van der Waals surface area (Å²) in [6.07, 6.45) is 7.57. The average molecular weight is 224 g/mol. The van der Waals surface area contributed by atoms with Gasteiger partial charge < -0.3 is 10.2 Å². The first-order chi connectivity index (χ1) is 7.68. The van der Waals surface area contributed by atoms with E-state index in [1.54, 1.807) is 0 Å². The molecule has 2 atom stereocenters. The zero-order valence-electron chi connectivity index (χ0n) is 10.5. The first-order valence-electron chi connectivity index (χ1n) is 6.67. The standard InChI is InChI=1S/C13H24N2O/c1-10-5-3-4-6-12(10)15(2)13(16)9-14-11-7-8-11/h10-12,14H,3-9H2,1-2H3. The second-order valence-corrected chi connectivity index (χ2v) is 5.49. The van der Waals surface area contributed by atoms with E-state index in [0.717, 1.165) is 0 Å². The van der Waals surface area contributed by atoms with E-state index in [9.17, 15) is 4.79 Å². The van der Waals surface area contributed by atoms with Crippen molar-refractivity contribution in [2.24, 2.45) is 5.92 Å². The van der Waals surface area contributed by atoms with Crippen molar-refractivity contribution < 1.29 is 4.79 Å². The van der Waals surface area contributed by atoms with Gasteiger partial charge in [0, 0.05) is 19.1 Å². The Balaban J connectivity index is 1.79. The molecule has 0 heterocycles. The summed E-state index contributed by atoms with van der Waals surface area (Å²) in [5.74, 6) is 0.939.